The number of rotatable bonds is 25. The van der Waals surface area contributed by atoms with Gasteiger partial charge >= 0.3 is 25.9 Å². The number of hydrogen-bond donors (Lipinski definition) is 6. The van der Waals surface area contributed by atoms with Gasteiger partial charge in [0.15, 0.2) is 17.6 Å². The fourth-order valence-corrected chi connectivity index (χ4v) is 9.15. The molecule has 3 rings (SSSR count). The molecule has 1 fully saturated rings. The highest BCUT2D eigenvalue weighted by molar-refractivity contribution is 7.80. The van der Waals surface area contributed by atoms with Gasteiger partial charge in [0.1, 0.15) is 10.7 Å². The molecule has 1 aliphatic rings. The van der Waals surface area contributed by atoms with Gasteiger partial charge in [0.25, 0.3) is 5.91 Å². The smallest absolute Gasteiger partial charge is 0.481 e. The maximum atomic E-state index is 14.4. The molecule has 1 aliphatic heterocycles. The number of benzene rings is 1. The lowest BCUT2D eigenvalue weighted by Gasteiger charge is -2.37. The van der Waals surface area contributed by atoms with Gasteiger partial charge in [-0.15, -0.1) is 11.3 Å². The van der Waals surface area contributed by atoms with E-state index in [0.717, 1.165) is 37.1 Å². The van der Waals surface area contributed by atoms with Gasteiger partial charge in [0.05, 0.1) is 17.6 Å². The van der Waals surface area contributed by atoms with E-state index in [1.54, 1.807) is 11.9 Å². The number of likely N-dealkylation sites (N-methyl/N-ethyl adjacent to an activating group) is 1. The van der Waals surface area contributed by atoms with E-state index in [-0.39, 0.29) is 83.8 Å². The number of anilines is 1. The maximum Gasteiger partial charge on any atom is 0.529 e. The molecule has 0 aliphatic carbocycles. The van der Waals surface area contributed by atoms with Crippen molar-refractivity contribution in [2.45, 2.75) is 130 Å². The van der Waals surface area contributed by atoms with Crippen LogP contribution in [0.3, 0.4) is 0 Å². The van der Waals surface area contributed by atoms with Crippen LogP contribution in [0, 0.1) is 23.7 Å². The summed E-state index contributed by atoms with van der Waals surface area (Å²) in [6.07, 6.45) is 1.40. The molecular weight excluding hydrogens is 918 g/mol. The zero-order valence-corrected chi connectivity index (χ0v) is 41.5. The zero-order chi connectivity index (χ0) is 49.5. The maximum absolute atomic E-state index is 14.4. The molecule has 66 heavy (non-hydrogen) atoms. The second-order valence-corrected chi connectivity index (χ2v) is 19.8. The van der Waals surface area contributed by atoms with Crippen molar-refractivity contribution in [2.24, 2.45) is 23.7 Å². The highest BCUT2D eigenvalue weighted by Crippen LogP contribution is 2.38. The van der Waals surface area contributed by atoms with Crippen molar-refractivity contribution < 1.29 is 67.0 Å². The molecule has 2 aromatic rings. The minimum absolute atomic E-state index is 0.000172. The van der Waals surface area contributed by atoms with E-state index in [9.17, 15) is 43.2 Å². The number of thiazole rings is 1. The normalized spacial score (nSPS) is 17.1. The van der Waals surface area contributed by atoms with Crippen molar-refractivity contribution in [1.29, 1.82) is 0 Å². The predicted octanol–water partition coefficient (Wildman–Crippen LogP) is 6.43. The van der Waals surface area contributed by atoms with Crippen LogP contribution in [0.1, 0.15) is 126 Å². The quantitative estimate of drug-likeness (QED) is 0.0271. The van der Waals surface area contributed by atoms with Crippen molar-refractivity contribution in [3.63, 3.8) is 0 Å². The van der Waals surface area contributed by atoms with Crippen LogP contribution >= 0.6 is 31.8 Å². The van der Waals surface area contributed by atoms with Crippen LogP contribution in [0.2, 0.25) is 0 Å². The molecule has 1 unspecified atom stereocenters. The summed E-state index contributed by atoms with van der Waals surface area (Å²) in [6, 6.07) is 2.56. The fraction of sp³-hybridized carbons (Fsp3) is 0.636. The second-order valence-electron chi connectivity index (χ2n) is 17.3. The Morgan fingerprint density at radius 1 is 1.08 bits per heavy atom. The number of carbonyl (C=O) groups is 7. The summed E-state index contributed by atoms with van der Waals surface area (Å²) in [6.45, 7) is 11.4. The number of Topliss-reactive ketones (excluding diaryl/α,β-unsaturated/α-hetero) is 1. The average Bonchev–Trinajstić information content (AvgIpc) is 3.73. The van der Waals surface area contributed by atoms with Crippen LogP contribution in [0.4, 0.5) is 10.5 Å². The number of aliphatic carboxylic acids is 1. The molecule has 19 nitrogen and oxygen atoms in total. The molecule has 368 valence electrons. The van der Waals surface area contributed by atoms with E-state index in [2.05, 4.69) is 37.7 Å². The third-order valence-corrected chi connectivity index (χ3v) is 13.4. The third kappa shape index (κ3) is 17.7. The first kappa shape index (κ1) is 55.9. The molecule has 1 aromatic carbocycles. The molecule has 0 radical (unpaired) electrons. The fourth-order valence-electron chi connectivity index (χ4n) is 7.93. The minimum Gasteiger partial charge on any atom is -0.481 e. The molecule has 5 N–H and O–H groups in total. The summed E-state index contributed by atoms with van der Waals surface area (Å²) in [7, 11) is -1.62. The van der Waals surface area contributed by atoms with Gasteiger partial charge in [0.2, 0.25) is 11.8 Å². The lowest BCUT2D eigenvalue weighted by Crippen LogP contribution is -2.48. The first-order valence-corrected chi connectivity index (χ1v) is 25.1. The van der Waals surface area contributed by atoms with E-state index in [4.69, 9.17) is 19.3 Å². The molecule has 1 aromatic heterocycles. The van der Waals surface area contributed by atoms with Crippen LogP contribution < -0.4 is 15.4 Å². The minimum atomic E-state index is -5.26. The number of thiol groups is 1. The molecule has 0 spiro atoms. The van der Waals surface area contributed by atoms with Gasteiger partial charge < -0.3 is 34.6 Å². The van der Waals surface area contributed by atoms with E-state index >= 15 is 0 Å². The summed E-state index contributed by atoms with van der Waals surface area (Å²) in [5.74, 6) is -4.60. The molecule has 7 atom stereocenters. The number of phosphoric acid groups is 1. The number of phosphoric ester groups is 1. The highest BCUT2D eigenvalue weighted by Gasteiger charge is 2.38. The Kier molecular flexibility index (Phi) is 22.2. The van der Waals surface area contributed by atoms with Crippen molar-refractivity contribution in [1.82, 2.24) is 20.1 Å². The predicted molar refractivity (Wildman–Crippen MR) is 249 cm³/mol. The summed E-state index contributed by atoms with van der Waals surface area (Å²) in [4.78, 5) is 117. The Hall–Kier alpha value is -4.40. The standard InChI is InChI=1S/C44H66N5O14PS2/c1-9-26(4)31(22-36(51)34-13-10-11-17-48(34)7)42(54)49(8)35(25(2)3)23-38(61-28(6)50)41-47-33(24-66-41)40(53)45-30(19-27(5)43(55)56)20-29-15-16-37(62-44(57)63-64(58,59)60)32(21-29)46-39(52)14-12-18-65/h15-16,21,24-27,30-31,34-35,38,65H,9-14,17-20,22-23H2,1-8H3,(H,45,53)(H,46,52)(H,55,56)(H2,58,59,60)/t26-,27?,30+,31-,34+,35+,38+/m0/s1. The molecule has 1 saturated heterocycles. The Balaban J connectivity index is 1.89. The van der Waals surface area contributed by atoms with Crippen LogP contribution in [-0.2, 0) is 44.2 Å². The van der Waals surface area contributed by atoms with Crippen molar-refractivity contribution in [2.75, 3.05) is 31.7 Å². The van der Waals surface area contributed by atoms with E-state index in [0.29, 0.717) is 24.2 Å². The first-order valence-electron chi connectivity index (χ1n) is 22.1. The lowest BCUT2D eigenvalue weighted by atomic mass is 9.83. The molecule has 22 heteroatoms. The van der Waals surface area contributed by atoms with Gasteiger partial charge in [-0.25, -0.2) is 14.3 Å². The Morgan fingerprint density at radius 3 is 2.36 bits per heavy atom. The number of hydrogen-bond acceptors (Lipinski definition) is 15. The Morgan fingerprint density at radius 2 is 1.77 bits per heavy atom. The summed E-state index contributed by atoms with van der Waals surface area (Å²) in [5, 5.41) is 17.0. The molecule has 2 heterocycles. The van der Waals surface area contributed by atoms with Crippen molar-refractivity contribution in [3.05, 3.63) is 39.8 Å². The second kappa shape index (κ2) is 26.2. The van der Waals surface area contributed by atoms with Crippen molar-refractivity contribution >= 4 is 79.1 Å². The first-order chi connectivity index (χ1) is 30.9. The monoisotopic (exact) mass is 983 g/mol. The number of likely N-dealkylation sites (tertiary alicyclic amines) is 1. The van der Waals surface area contributed by atoms with Crippen LogP contribution in [0.15, 0.2) is 23.6 Å². The number of nitrogens with zero attached hydrogens (tertiary/aromatic N) is 3. The largest absolute Gasteiger partial charge is 0.529 e. The molecule has 3 amide bonds. The number of amides is 3. The SMILES string of the molecule is CC[C@H](C)[C@H](CC(=O)[C@H]1CCCCN1C)C(=O)N(C)[C@H](C[C@@H](OC(C)=O)c1nc(C(=O)N[C@@H](Cc2ccc(OC(=O)OP(=O)(O)O)c(NC(=O)CCCS)c2)CC(C)C(=O)O)cs1)C(C)C. The van der Waals surface area contributed by atoms with E-state index < -0.39 is 67.8 Å². The van der Waals surface area contributed by atoms with Crippen LogP contribution in [0.5, 0.6) is 5.75 Å². The molecule has 0 saturated carbocycles. The summed E-state index contributed by atoms with van der Waals surface area (Å²) in [5.41, 5.74) is 0.323. The highest BCUT2D eigenvalue weighted by atomic mass is 32.1. The average molecular weight is 984 g/mol. The number of carboxylic acids is 1. The van der Waals surface area contributed by atoms with Crippen molar-refractivity contribution in [3.8, 4) is 5.75 Å². The number of ether oxygens (including phenoxy) is 2. The Bertz CT molecular complexity index is 2060. The molecular formula is C44H66N5O14PS2. The number of ketones is 1. The van der Waals surface area contributed by atoms with Gasteiger partial charge in [0, 0.05) is 56.6 Å². The van der Waals surface area contributed by atoms with Crippen LogP contribution in [0.25, 0.3) is 0 Å². The lowest BCUT2D eigenvalue weighted by molar-refractivity contribution is -0.149. The van der Waals surface area contributed by atoms with Gasteiger partial charge in [-0.2, -0.15) is 12.6 Å². The zero-order valence-electron chi connectivity index (χ0n) is 38.9. The number of carbonyl (C=O) groups excluding carboxylic acids is 6. The third-order valence-electron chi connectivity index (χ3n) is 11.8. The number of esters is 1. The number of carboxylic acid groups (broad SMARTS) is 1. The molecule has 0 bridgehead atoms. The number of aromatic nitrogens is 1. The topological polar surface area (TPSA) is 268 Å². The Labute approximate surface area is 395 Å². The summed E-state index contributed by atoms with van der Waals surface area (Å²) >= 11 is 5.18. The van der Waals surface area contributed by atoms with E-state index in [1.165, 1.54) is 37.4 Å². The van der Waals surface area contributed by atoms with Crippen LogP contribution in [-0.4, -0.2) is 116 Å². The summed E-state index contributed by atoms with van der Waals surface area (Å²) < 4.78 is 25.9. The van der Waals surface area contributed by atoms with E-state index in [1.807, 2.05) is 34.7 Å². The van der Waals surface area contributed by atoms with Gasteiger partial charge in [-0.3, -0.25) is 43.5 Å². The number of piperidine rings is 1. The van der Waals surface area contributed by atoms with Gasteiger partial charge in [-0.1, -0.05) is 53.5 Å². The number of nitrogens with one attached hydrogen (secondary N) is 2. The van der Waals surface area contributed by atoms with Gasteiger partial charge in [-0.05, 0) is 81.0 Å².